The van der Waals surface area contributed by atoms with Crippen LogP contribution in [0.15, 0.2) is 29.2 Å². The molecule has 0 saturated carbocycles. The monoisotopic (exact) mass is 383 g/mol. The molecule has 0 N–H and O–H groups in total. The van der Waals surface area contributed by atoms with Crippen LogP contribution in [-0.4, -0.2) is 57.9 Å². The van der Waals surface area contributed by atoms with Crippen molar-refractivity contribution in [3.05, 3.63) is 24.3 Å². The molecule has 0 aliphatic carbocycles. The number of likely N-dealkylation sites (tertiary alicyclic amines) is 1. The van der Waals surface area contributed by atoms with E-state index in [9.17, 15) is 13.2 Å². The summed E-state index contributed by atoms with van der Waals surface area (Å²) in [7, 11) is -3.54. The van der Waals surface area contributed by atoms with Crippen LogP contribution in [0.2, 0.25) is 0 Å². The maximum atomic E-state index is 12.4. The van der Waals surface area contributed by atoms with Crippen molar-refractivity contribution >= 4 is 15.8 Å². The Balaban J connectivity index is 1.85. The Kier molecular flexibility index (Phi) is 7.90. The van der Waals surface area contributed by atoms with E-state index in [2.05, 4.69) is 4.90 Å². The van der Waals surface area contributed by atoms with Crippen LogP contribution < -0.4 is 4.74 Å². The fourth-order valence-corrected chi connectivity index (χ4v) is 4.53. The van der Waals surface area contributed by atoms with Gasteiger partial charge in [0.2, 0.25) is 0 Å². The summed E-state index contributed by atoms with van der Waals surface area (Å²) in [6.45, 7) is 7.23. The molecule has 1 fully saturated rings. The lowest BCUT2D eigenvalue weighted by molar-refractivity contribution is -0.146. The molecule has 2 rings (SSSR count). The minimum atomic E-state index is -3.54. The molecule has 0 aromatic heterocycles. The van der Waals surface area contributed by atoms with E-state index in [1.165, 1.54) is 31.4 Å². The molecule has 1 heterocycles. The highest BCUT2D eigenvalue weighted by molar-refractivity contribution is 7.91. The lowest BCUT2D eigenvalue weighted by Gasteiger charge is -2.26. The second kappa shape index (κ2) is 9.92. The molecule has 146 valence electrons. The first-order chi connectivity index (χ1) is 12.4. The van der Waals surface area contributed by atoms with Crippen LogP contribution in [0.1, 0.15) is 33.1 Å². The van der Waals surface area contributed by atoms with E-state index in [0.29, 0.717) is 12.4 Å². The maximum Gasteiger partial charge on any atom is 0.309 e. The Labute approximate surface area is 156 Å². The summed E-state index contributed by atoms with van der Waals surface area (Å²) in [6, 6.07) is 6.39. The molecule has 7 heteroatoms. The number of ether oxygens (including phenoxy) is 2. The molecule has 1 atom stereocenters. The number of piperidine rings is 1. The molecule has 1 aliphatic heterocycles. The summed E-state index contributed by atoms with van der Waals surface area (Å²) in [5, 5.41) is 0. The zero-order valence-corrected chi connectivity index (χ0v) is 16.5. The van der Waals surface area contributed by atoms with E-state index in [1.54, 1.807) is 26.0 Å². The summed E-state index contributed by atoms with van der Waals surface area (Å²) in [5.74, 6) is -0.797. The number of esters is 1. The summed E-state index contributed by atoms with van der Waals surface area (Å²) in [4.78, 5) is 14.2. The molecular formula is C19H29NO5S. The van der Waals surface area contributed by atoms with Gasteiger partial charge in [0.05, 0.1) is 23.2 Å². The highest BCUT2D eigenvalue weighted by atomic mass is 32.2. The van der Waals surface area contributed by atoms with Crippen LogP contribution in [0.5, 0.6) is 5.75 Å². The van der Waals surface area contributed by atoms with Gasteiger partial charge < -0.3 is 9.47 Å². The molecule has 1 aliphatic rings. The first-order valence-corrected chi connectivity index (χ1v) is 10.9. The zero-order chi connectivity index (χ0) is 19.0. The SMILES string of the molecule is CCOC(=O)C(C)CS(=O)(=O)c1ccc(OCCN2CCCCC2)cc1. The third-order valence-electron chi connectivity index (χ3n) is 4.47. The van der Waals surface area contributed by atoms with E-state index < -0.39 is 21.7 Å². The molecule has 26 heavy (non-hydrogen) atoms. The summed E-state index contributed by atoms with van der Waals surface area (Å²) in [6.07, 6.45) is 3.80. The van der Waals surface area contributed by atoms with Crippen molar-refractivity contribution in [3.8, 4) is 5.75 Å². The fraction of sp³-hybridized carbons (Fsp3) is 0.632. The number of nitrogens with zero attached hydrogens (tertiary/aromatic N) is 1. The smallest absolute Gasteiger partial charge is 0.309 e. The minimum absolute atomic E-state index is 0.192. The molecule has 1 saturated heterocycles. The number of carbonyl (C=O) groups excluding carboxylic acids is 1. The van der Waals surface area contributed by atoms with Crippen LogP contribution in [0, 0.1) is 5.92 Å². The fourth-order valence-electron chi connectivity index (χ4n) is 3.00. The van der Waals surface area contributed by atoms with E-state index in [0.717, 1.165) is 19.6 Å². The van der Waals surface area contributed by atoms with Crippen LogP contribution in [0.3, 0.4) is 0 Å². The standard InChI is InChI=1S/C19H29NO5S/c1-3-24-19(21)16(2)15-26(22,23)18-9-7-17(8-10-18)25-14-13-20-11-5-4-6-12-20/h7-10,16H,3-6,11-15H2,1-2H3. The molecular weight excluding hydrogens is 354 g/mol. The van der Waals surface area contributed by atoms with Gasteiger partial charge in [0.1, 0.15) is 12.4 Å². The summed E-state index contributed by atoms with van der Waals surface area (Å²) in [5.41, 5.74) is 0. The van der Waals surface area contributed by atoms with Gasteiger partial charge in [-0.15, -0.1) is 0 Å². The van der Waals surface area contributed by atoms with Crippen molar-refractivity contribution in [2.45, 2.75) is 38.0 Å². The number of hydrogen-bond donors (Lipinski definition) is 0. The lowest BCUT2D eigenvalue weighted by atomic mass is 10.1. The third kappa shape index (κ3) is 6.29. The van der Waals surface area contributed by atoms with Crippen molar-refractivity contribution < 1.29 is 22.7 Å². The Morgan fingerprint density at radius 2 is 1.81 bits per heavy atom. The first kappa shape index (κ1) is 20.7. The molecule has 1 unspecified atom stereocenters. The Morgan fingerprint density at radius 3 is 2.42 bits per heavy atom. The number of sulfone groups is 1. The van der Waals surface area contributed by atoms with Gasteiger partial charge in [-0.1, -0.05) is 13.3 Å². The van der Waals surface area contributed by atoms with Gasteiger partial charge in [0, 0.05) is 6.54 Å². The van der Waals surface area contributed by atoms with Gasteiger partial charge in [-0.2, -0.15) is 0 Å². The van der Waals surface area contributed by atoms with Gasteiger partial charge in [0.15, 0.2) is 9.84 Å². The van der Waals surface area contributed by atoms with Gasteiger partial charge >= 0.3 is 5.97 Å². The second-order valence-electron chi connectivity index (χ2n) is 6.66. The van der Waals surface area contributed by atoms with Gasteiger partial charge in [-0.05, 0) is 57.1 Å². The van der Waals surface area contributed by atoms with E-state index in [1.807, 2.05) is 0 Å². The quantitative estimate of drug-likeness (QED) is 0.610. The molecule has 1 aromatic rings. The van der Waals surface area contributed by atoms with E-state index in [4.69, 9.17) is 9.47 Å². The molecule has 0 bridgehead atoms. The van der Waals surface area contributed by atoms with Crippen LogP contribution in [0.25, 0.3) is 0 Å². The Morgan fingerprint density at radius 1 is 1.15 bits per heavy atom. The predicted octanol–water partition coefficient (Wildman–Crippen LogP) is 2.52. The zero-order valence-electron chi connectivity index (χ0n) is 15.6. The number of benzene rings is 1. The van der Waals surface area contributed by atoms with Crippen LogP contribution in [-0.2, 0) is 19.4 Å². The maximum absolute atomic E-state index is 12.4. The molecule has 0 amide bonds. The van der Waals surface area contributed by atoms with Crippen molar-refractivity contribution in [2.24, 2.45) is 5.92 Å². The highest BCUT2D eigenvalue weighted by Crippen LogP contribution is 2.19. The summed E-state index contributed by atoms with van der Waals surface area (Å²) < 4.78 is 35.4. The minimum Gasteiger partial charge on any atom is -0.492 e. The van der Waals surface area contributed by atoms with Crippen LogP contribution in [0.4, 0.5) is 0 Å². The van der Waals surface area contributed by atoms with Crippen molar-refractivity contribution in [1.29, 1.82) is 0 Å². The van der Waals surface area contributed by atoms with E-state index in [-0.39, 0.29) is 17.3 Å². The molecule has 0 radical (unpaired) electrons. The average molecular weight is 384 g/mol. The lowest BCUT2D eigenvalue weighted by Crippen LogP contribution is -2.33. The number of hydrogen-bond acceptors (Lipinski definition) is 6. The molecule has 1 aromatic carbocycles. The largest absolute Gasteiger partial charge is 0.492 e. The molecule has 0 spiro atoms. The normalized spacial score (nSPS) is 16.8. The summed E-state index contributed by atoms with van der Waals surface area (Å²) >= 11 is 0. The highest BCUT2D eigenvalue weighted by Gasteiger charge is 2.24. The first-order valence-electron chi connectivity index (χ1n) is 9.27. The number of rotatable bonds is 9. The average Bonchev–Trinajstić information content (AvgIpc) is 2.63. The Hall–Kier alpha value is -1.60. The van der Waals surface area contributed by atoms with E-state index >= 15 is 0 Å². The van der Waals surface area contributed by atoms with Gasteiger partial charge in [0.25, 0.3) is 0 Å². The second-order valence-corrected chi connectivity index (χ2v) is 8.69. The Bertz CT molecular complexity index is 666. The predicted molar refractivity (Wildman–Crippen MR) is 100 cm³/mol. The van der Waals surface area contributed by atoms with Gasteiger partial charge in [-0.25, -0.2) is 8.42 Å². The van der Waals surface area contributed by atoms with Crippen molar-refractivity contribution in [2.75, 3.05) is 38.6 Å². The van der Waals surface area contributed by atoms with Gasteiger partial charge in [-0.3, -0.25) is 9.69 Å². The van der Waals surface area contributed by atoms with Crippen LogP contribution >= 0.6 is 0 Å². The third-order valence-corrected chi connectivity index (χ3v) is 6.40. The molecule has 6 nitrogen and oxygen atoms in total. The topological polar surface area (TPSA) is 72.9 Å². The van der Waals surface area contributed by atoms with Crippen molar-refractivity contribution in [1.82, 2.24) is 4.90 Å². The number of carbonyl (C=O) groups is 1. The van der Waals surface area contributed by atoms with Crippen molar-refractivity contribution in [3.63, 3.8) is 0 Å².